The number of aliphatic hydroxyl groups is 2. The molecule has 2 atom stereocenters. The first-order chi connectivity index (χ1) is 10.3. The number of benzene rings is 1. The Balaban J connectivity index is 2.45. The van der Waals surface area contributed by atoms with Gasteiger partial charge in [0.1, 0.15) is 18.5 Å². The Bertz CT molecular complexity index is 519. The minimum atomic E-state index is -4.08. The van der Waals surface area contributed by atoms with Crippen LogP contribution in [0.5, 0.6) is 5.75 Å². The molecule has 0 fully saturated rings. The molecule has 0 aliphatic carbocycles. The van der Waals surface area contributed by atoms with Gasteiger partial charge in [0.25, 0.3) is 10.1 Å². The molecule has 1 aromatic carbocycles. The lowest BCUT2D eigenvalue weighted by Crippen LogP contribution is -2.41. The van der Waals surface area contributed by atoms with E-state index in [1.54, 1.807) is 24.0 Å². The summed E-state index contributed by atoms with van der Waals surface area (Å²) in [5.41, 5.74) is 0. The molecule has 22 heavy (non-hydrogen) atoms. The maximum absolute atomic E-state index is 10.8. The number of nitrogens with zero attached hydrogens (tertiary/aromatic N) is 1. The Kier molecular flexibility index (Phi) is 7.77. The van der Waals surface area contributed by atoms with Crippen LogP contribution in [0.2, 0.25) is 0 Å². The molecule has 0 radical (unpaired) electrons. The van der Waals surface area contributed by atoms with E-state index in [1.807, 2.05) is 18.2 Å². The molecule has 0 amide bonds. The molecule has 2 unspecified atom stereocenters. The van der Waals surface area contributed by atoms with Gasteiger partial charge in [0.05, 0.1) is 11.9 Å². The minimum absolute atomic E-state index is 0.0200. The average molecular weight is 333 g/mol. The van der Waals surface area contributed by atoms with E-state index in [0.717, 1.165) is 0 Å². The Morgan fingerprint density at radius 1 is 1.18 bits per heavy atom. The molecule has 1 aromatic rings. The minimum Gasteiger partial charge on any atom is -0.491 e. The molecule has 7 nitrogen and oxygen atoms in total. The third-order valence-electron chi connectivity index (χ3n) is 2.84. The van der Waals surface area contributed by atoms with Crippen molar-refractivity contribution < 1.29 is 27.9 Å². The molecular formula is C14H23NO6S. The third kappa shape index (κ3) is 8.96. The molecular weight excluding hydrogens is 310 g/mol. The lowest BCUT2D eigenvalue weighted by Gasteiger charge is -2.25. The molecule has 0 saturated carbocycles. The predicted molar refractivity (Wildman–Crippen MR) is 82.5 cm³/mol. The van der Waals surface area contributed by atoms with E-state index >= 15 is 0 Å². The van der Waals surface area contributed by atoms with E-state index in [4.69, 9.17) is 9.29 Å². The number of ether oxygens (including phenoxy) is 1. The molecule has 0 aromatic heterocycles. The van der Waals surface area contributed by atoms with Gasteiger partial charge in [-0.25, -0.2) is 0 Å². The Morgan fingerprint density at radius 3 is 2.36 bits per heavy atom. The van der Waals surface area contributed by atoms with Crippen molar-refractivity contribution >= 4 is 10.1 Å². The third-order valence-corrected chi connectivity index (χ3v) is 3.54. The van der Waals surface area contributed by atoms with Gasteiger partial charge < -0.3 is 14.9 Å². The molecule has 0 heterocycles. The Morgan fingerprint density at radius 2 is 1.82 bits per heavy atom. The van der Waals surface area contributed by atoms with Crippen molar-refractivity contribution in [3.63, 3.8) is 0 Å². The zero-order valence-electron chi connectivity index (χ0n) is 12.5. The molecule has 0 bridgehead atoms. The molecule has 0 saturated heterocycles. The van der Waals surface area contributed by atoms with Gasteiger partial charge >= 0.3 is 0 Å². The van der Waals surface area contributed by atoms with Crippen LogP contribution in [0.15, 0.2) is 30.3 Å². The van der Waals surface area contributed by atoms with Crippen LogP contribution in [0, 0.1) is 0 Å². The van der Waals surface area contributed by atoms with Gasteiger partial charge in [-0.15, -0.1) is 0 Å². The monoisotopic (exact) mass is 333 g/mol. The number of hydrogen-bond acceptors (Lipinski definition) is 6. The van der Waals surface area contributed by atoms with E-state index in [1.165, 1.54) is 0 Å². The van der Waals surface area contributed by atoms with Crippen LogP contribution in [0.25, 0.3) is 0 Å². The summed E-state index contributed by atoms with van der Waals surface area (Å²) in [4.78, 5) is 1.57. The van der Waals surface area contributed by atoms with E-state index in [2.05, 4.69) is 0 Å². The fourth-order valence-electron chi connectivity index (χ4n) is 1.94. The highest BCUT2D eigenvalue weighted by Gasteiger charge is 2.17. The summed E-state index contributed by atoms with van der Waals surface area (Å²) < 4.78 is 35.8. The van der Waals surface area contributed by atoms with Gasteiger partial charge in [0, 0.05) is 19.6 Å². The van der Waals surface area contributed by atoms with Crippen molar-refractivity contribution in [2.75, 3.05) is 32.0 Å². The van der Waals surface area contributed by atoms with Crippen LogP contribution < -0.4 is 4.74 Å². The second-order valence-corrected chi connectivity index (χ2v) is 6.74. The summed E-state index contributed by atoms with van der Waals surface area (Å²) in [7, 11) is -4.08. The van der Waals surface area contributed by atoms with Gasteiger partial charge in [-0.05, 0) is 19.1 Å². The van der Waals surface area contributed by atoms with Crippen molar-refractivity contribution in [3.8, 4) is 5.75 Å². The maximum Gasteiger partial charge on any atom is 0.266 e. The molecule has 0 spiro atoms. The van der Waals surface area contributed by atoms with E-state index < -0.39 is 28.1 Å². The molecule has 0 aliphatic heterocycles. The summed E-state index contributed by atoms with van der Waals surface area (Å²) in [6, 6.07) is 9.00. The predicted octanol–water partition coefficient (Wildman–Crippen LogP) is -0.00310. The van der Waals surface area contributed by atoms with Crippen LogP contribution in [0.4, 0.5) is 0 Å². The van der Waals surface area contributed by atoms with Gasteiger partial charge in [0.2, 0.25) is 0 Å². The summed E-state index contributed by atoms with van der Waals surface area (Å²) in [5, 5.41) is 19.4. The summed E-state index contributed by atoms with van der Waals surface area (Å²) >= 11 is 0. The number of aliphatic hydroxyl groups excluding tert-OH is 2. The van der Waals surface area contributed by atoms with E-state index in [-0.39, 0.29) is 26.2 Å². The van der Waals surface area contributed by atoms with Crippen LogP contribution >= 0.6 is 0 Å². The summed E-state index contributed by atoms with van der Waals surface area (Å²) in [5.74, 6) is 0.174. The van der Waals surface area contributed by atoms with Crippen molar-refractivity contribution in [2.24, 2.45) is 0 Å². The Labute approximate surface area is 130 Å². The summed E-state index contributed by atoms with van der Waals surface area (Å²) in [6.07, 6.45) is -1.52. The first-order valence-electron chi connectivity index (χ1n) is 6.98. The SMILES string of the molecule is CC(O)CN(CCS(=O)(=O)O)CC(O)COc1ccccc1. The number of hydrogen-bond donors (Lipinski definition) is 3. The maximum atomic E-state index is 10.8. The highest BCUT2D eigenvalue weighted by Crippen LogP contribution is 2.09. The Hall–Kier alpha value is -1.19. The summed E-state index contributed by atoms with van der Waals surface area (Å²) in [6.45, 7) is 1.96. The zero-order chi connectivity index (χ0) is 16.6. The second-order valence-electron chi connectivity index (χ2n) is 5.17. The number of para-hydroxylation sites is 1. The van der Waals surface area contributed by atoms with E-state index in [0.29, 0.717) is 5.75 Å². The van der Waals surface area contributed by atoms with Gasteiger partial charge in [-0.3, -0.25) is 9.45 Å². The van der Waals surface area contributed by atoms with Gasteiger partial charge in [-0.1, -0.05) is 18.2 Å². The first-order valence-corrected chi connectivity index (χ1v) is 8.58. The van der Waals surface area contributed by atoms with Crippen LogP contribution in [0.3, 0.4) is 0 Å². The molecule has 1 rings (SSSR count). The first kappa shape index (κ1) is 18.9. The quantitative estimate of drug-likeness (QED) is 0.517. The van der Waals surface area contributed by atoms with E-state index in [9.17, 15) is 18.6 Å². The van der Waals surface area contributed by atoms with Crippen LogP contribution in [-0.2, 0) is 10.1 Å². The van der Waals surface area contributed by atoms with Crippen molar-refractivity contribution in [2.45, 2.75) is 19.1 Å². The highest BCUT2D eigenvalue weighted by molar-refractivity contribution is 7.85. The largest absolute Gasteiger partial charge is 0.491 e. The average Bonchev–Trinajstić information content (AvgIpc) is 2.42. The fourth-order valence-corrected chi connectivity index (χ4v) is 2.42. The fraction of sp³-hybridized carbons (Fsp3) is 0.571. The van der Waals surface area contributed by atoms with Crippen LogP contribution in [-0.4, -0.2) is 72.3 Å². The molecule has 126 valence electrons. The highest BCUT2D eigenvalue weighted by atomic mass is 32.2. The standard InChI is InChI=1S/C14H23NO6S/c1-12(16)9-15(7-8-22(18,19)20)10-13(17)11-21-14-5-3-2-4-6-14/h2-6,12-13,16-17H,7-11H2,1H3,(H,18,19,20). The van der Waals surface area contributed by atoms with Crippen molar-refractivity contribution in [1.29, 1.82) is 0 Å². The lowest BCUT2D eigenvalue weighted by molar-refractivity contribution is 0.0516. The van der Waals surface area contributed by atoms with Gasteiger partial charge in [-0.2, -0.15) is 8.42 Å². The molecule has 8 heteroatoms. The number of rotatable bonds is 10. The molecule has 0 aliphatic rings. The lowest BCUT2D eigenvalue weighted by atomic mass is 10.3. The van der Waals surface area contributed by atoms with Crippen molar-refractivity contribution in [3.05, 3.63) is 30.3 Å². The van der Waals surface area contributed by atoms with Gasteiger partial charge in [0.15, 0.2) is 0 Å². The van der Waals surface area contributed by atoms with Crippen LogP contribution in [0.1, 0.15) is 6.92 Å². The zero-order valence-corrected chi connectivity index (χ0v) is 13.3. The van der Waals surface area contributed by atoms with Crippen molar-refractivity contribution in [1.82, 2.24) is 4.90 Å². The second kappa shape index (κ2) is 9.06. The normalized spacial score (nSPS) is 14.8. The molecule has 3 N–H and O–H groups in total. The smallest absolute Gasteiger partial charge is 0.266 e. The topological polar surface area (TPSA) is 107 Å².